The summed E-state index contributed by atoms with van der Waals surface area (Å²) in [7, 11) is 0. The number of hydrogen-bond acceptors (Lipinski definition) is 6. The van der Waals surface area contributed by atoms with Crippen molar-refractivity contribution in [2.75, 3.05) is 23.7 Å². The van der Waals surface area contributed by atoms with Gasteiger partial charge < -0.3 is 15.5 Å². The highest BCUT2D eigenvalue weighted by atomic mass is 32.1. The lowest BCUT2D eigenvalue weighted by atomic mass is 9.99. The molecule has 2 aliphatic rings. The van der Waals surface area contributed by atoms with Gasteiger partial charge in [-0.2, -0.15) is 0 Å². The van der Waals surface area contributed by atoms with E-state index in [4.69, 9.17) is 4.98 Å². The molecule has 210 valence electrons. The second kappa shape index (κ2) is 11.8. The molecule has 0 spiro atoms. The molecule has 1 unspecified atom stereocenters. The third kappa shape index (κ3) is 6.03. The number of rotatable bonds is 6. The zero-order valence-corrected chi connectivity index (χ0v) is 24.4. The van der Waals surface area contributed by atoms with Gasteiger partial charge in [0.2, 0.25) is 5.95 Å². The van der Waals surface area contributed by atoms with Crippen molar-refractivity contribution in [2.24, 2.45) is 5.92 Å². The number of thiophene rings is 1. The molecule has 2 aromatic heterocycles. The Bertz CT molecular complexity index is 1560. The molecule has 1 fully saturated rings. The Hall–Kier alpha value is -4.04. The average molecular weight is 566 g/mol. The van der Waals surface area contributed by atoms with Gasteiger partial charge >= 0.3 is 0 Å². The lowest BCUT2D eigenvalue weighted by molar-refractivity contribution is 0.0683. The second-order valence-corrected chi connectivity index (χ2v) is 12.3. The summed E-state index contributed by atoms with van der Waals surface area (Å²) in [4.78, 5) is 39.3. The third-order valence-corrected chi connectivity index (χ3v) is 9.30. The molecule has 2 amide bonds. The number of benzene rings is 2. The molecule has 4 aromatic rings. The molecule has 0 bridgehead atoms. The van der Waals surface area contributed by atoms with Crippen LogP contribution >= 0.6 is 11.3 Å². The summed E-state index contributed by atoms with van der Waals surface area (Å²) in [6.45, 7) is 5.84. The number of aromatic nitrogens is 2. The Morgan fingerprint density at radius 1 is 1.02 bits per heavy atom. The van der Waals surface area contributed by atoms with Gasteiger partial charge in [0.15, 0.2) is 0 Å². The van der Waals surface area contributed by atoms with E-state index in [1.165, 1.54) is 29.7 Å². The van der Waals surface area contributed by atoms with E-state index in [0.29, 0.717) is 17.4 Å². The molecule has 1 aliphatic heterocycles. The number of nitrogens with zero attached hydrogens (tertiary/aromatic N) is 3. The number of nitrogens with one attached hydrogen (secondary N) is 2. The van der Waals surface area contributed by atoms with Crippen LogP contribution in [0.5, 0.6) is 0 Å². The number of carbonyl (C=O) groups is 2. The highest BCUT2D eigenvalue weighted by Gasteiger charge is 2.22. The molecule has 3 heterocycles. The number of fused-ring (bicyclic) bond motifs is 1. The number of aryl methyl sites for hydroxylation is 2. The van der Waals surface area contributed by atoms with Crippen molar-refractivity contribution in [2.45, 2.75) is 52.4 Å². The lowest BCUT2D eigenvalue weighted by Gasteiger charge is -2.31. The van der Waals surface area contributed by atoms with Gasteiger partial charge in [0, 0.05) is 46.7 Å². The van der Waals surface area contributed by atoms with Gasteiger partial charge in [-0.25, -0.2) is 9.97 Å². The normalized spacial score (nSPS) is 16.6. The Morgan fingerprint density at radius 2 is 1.85 bits per heavy atom. The number of hydrogen-bond donors (Lipinski definition) is 2. The van der Waals surface area contributed by atoms with Crippen LogP contribution in [0.1, 0.15) is 68.6 Å². The van der Waals surface area contributed by atoms with E-state index in [1.807, 2.05) is 60.4 Å². The standard InChI is InChI=1S/C33H35N5O2S/c1-21-7-6-18-38(20-21)32(40)23-12-14-25(15-13-23)35-33-34-17-16-28(37-33)26-9-5-10-27(22(26)2)36-31(39)30-19-24-8-3-4-11-29(24)41-30/h5,9-10,12-17,19,21H,3-4,6-8,11,18,20H2,1-2H3,(H,36,39)(H,34,35,37). The van der Waals surface area contributed by atoms with Crippen LogP contribution in [0.25, 0.3) is 11.3 Å². The van der Waals surface area contributed by atoms with Gasteiger partial charge in [-0.3, -0.25) is 9.59 Å². The second-order valence-electron chi connectivity index (χ2n) is 11.2. The molecule has 0 saturated carbocycles. The van der Waals surface area contributed by atoms with Crippen molar-refractivity contribution in [3.63, 3.8) is 0 Å². The molecule has 8 heteroatoms. The minimum absolute atomic E-state index is 0.0635. The van der Waals surface area contributed by atoms with Gasteiger partial charge in [-0.05, 0) is 105 Å². The molecule has 1 saturated heterocycles. The highest BCUT2D eigenvalue weighted by Crippen LogP contribution is 2.32. The van der Waals surface area contributed by atoms with Crippen molar-refractivity contribution in [1.82, 2.24) is 14.9 Å². The molecular formula is C33H35N5O2S. The lowest BCUT2D eigenvalue weighted by Crippen LogP contribution is -2.39. The van der Waals surface area contributed by atoms with Crippen molar-refractivity contribution in [3.05, 3.63) is 87.2 Å². The molecule has 7 nitrogen and oxygen atoms in total. The Labute approximate surface area is 245 Å². The minimum atomic E-state index is -0.0635. The molecule has 0 radical (unpaired) electrons. The summed E-state index contributed by atoms with van der Waals surface area (Å²) in [5.74, 6) is 1.03. The number of amides is 2. The first kappa shape index (κ1) is 27.1. The predicted octanol–water partition coefficient (Wildman–Crippen LogP) is 7.26. The van der Waals surface area contributed by atoms with Gasteiger partial charge in [-0.15, -0.1) is 11.3 Å². The van der Waals surface area contributed by atoms with Crippen LogP contribution < -0.4 is 10.6 Å². The molecule has 2 aromatic carbocycles. The molecule has 6 rings (SSSR count). The zero-order chi connectivity index (χ0) is 28.3. The highest BCUT2D eigenvalue weighted by molar-refractivity contribution is 7.14. The van der Waals surface area contributed by atoms with E-state index in [1.54, 1.807) is 17.5 Å². The van der Waals surface area contributed by atoms with Crippen LogP contribution in [0.2, 0.25) is 0 Å². The van der Waals surface area contributed by atoms with Crippen LogP contribution in [0.15, 0.2) is 60.8 Å². The van der Waals surface area contributed by atoms with E-state index < -0.39 is 0 Å². The third-order valence-electron chi connectivity index (χ3n) is 8.07. The van der Waals surface area contributed by atoms with Crippen molar-refractivity contribution in [1.29, 1.82) is 0 Å². The average Bonchev–Trinajstić information content (AvgIpc) is 3.43. The van der Waals surface area contributed by atoms with Gasteiger partial charge in [0.1, 0.15) is 0 Å². The SMILES string of the molecule is Cc1c(NC(=O)c2cc3c(s2)CCCC3)cccc1-c1ccnc(Nc2ccc(C(=O)N3CCCC(C)C3)cc2)n1. The summed E-state index contributed by atoms with van der Waals surface area (Å²) in [5.41, 5.74) is 6.23. The summed E-state index contributed by atoms with van der Waals surface area (Å²) < 4.78 is 0. The molecule has 1 atom stereocenters. The number of anilines is 3. The van der Waals surface area contributed by atoms with Gasteiger partial charge in [-0.1, -0.05) is 19.1 Å². The minimum Gasteiger partial charge on any atom is -0.338 e. The summed E-state index contributed by atoms with van der Waals surface area (Å²) >= 11 is 1.62. The van der Waals surface area contributed by atoms with Crippen LogP contribution in [0, 0.1) is 12.8 Å². The largest absolute Gasteiger partial charge is 0.338 e. The fourth-order valence-corrected chi connectivity index (χ4v) is 6.93. The van der Waals surface area contributed by atoms with Crippen molar-refractivity contribution >= 4 is 40.5 Å². The maximum atomic E-state index is 13.1. The van der Waals surface area contributed by atoms with Gasteiger partial charge in [0.05, 0.1) is 10.6 Å². The first-order valence-corrected chi connectivity index (χ1v) is 15.3. The van der Waals surface area contributed by atoms with Crippen LogP contribution in [-0.2, 0) is 12.8 Å². The number of piperidine rings is 1. The zero-order valence-electron chi connectivity index (χ0n) is 23.6. The fraction of sp³-hybridized carbons (Fsp3) is 0.333. The summed E-state index contributed by atoms with van der Waals surface area (Å²) in [6, 6.07) is 17.3. The molecule has 1 aliphatic carbocycles. The topological polar surface area (TPSA) is 87.2 Å². The van der Waals surface area contributed by atoms with E-state index in [9.17, 15) is 9.59 Å². The molecular weight excluding hydrogens is 530 g/mol. The quantitative estimate of drug-likeness (QED) is 0.257. The summed E-state index contributed by atoms with van der Waals surface area (Å²) in [6.07, 6.45) is 8.51. The fourth-order valence-electron chi connectivity index (χ4n) is 5.79. The number of likely N-dealkylation sites (tertiary alicyclic amines) is 1. The van der Waals surface area contributed by atoms with Crippen molar-refractivity contribution < 1.29 is 9.59 Å². The number of carbonyl (C=O) groups excluding carboxylic acids is 2. The maximum Gasteiger partial charge on any atom is 0.265 e. The van der Waals surface area contributed by atoms with Crippen molar-refractivity contribution in [3.8, 4) is 11.3 Å². The Morgan fingerprint density at radius 3 is 2.66 bits per heavy atom. The Kier molecular flexibility index (Phi) is 7.83. The maximum absolute atomic E-state index is 13.1. The predicted molar refractivity (Wildman–Crippen MR) is 165 cm³/mol. The Balaban J connectivity index is 1.15. The molecule has 41 heavy (non-hydrogen) atoms. The van der Waals surface area contributed by atoms with E-state index in [0.717, 1.165) is 65.4 Å². The van der Waals surface area contributed by atoms with E-state index >= 15 is 0 Å². The monoisotopic (exact) mass is 565 g/mol. The van der Waals surface area contributed by atoms with Gasteiger partial charge in [0.25, 0.3) is 11.8 Å². The smallest absolute Gasteiger partial charge is 0.265 e. The van der Waals surface area contributed by atoms with Crippen LogP contribution in [0.3, 0.4) is 0 Å². The van der Waals surface area contributed by atoms with Crippen LogP contribution in [-0.4, -0.2) is 39.8 Å². The van der Waals surface area contributed by atoms with E-state index in [2.05, 4.69) is 28.6 Å². The molecule has 2 N–H and O–H groups in total. The first-order valence-electron chi connectivity index (χ1n) is 14.5. The summed E-state index contributed by atoms with van der Waals surface area (Å²) in [5, 5.41) is 6.38. The van der Waals surface area contributed by atoms with E-state index in [-0.39, 0.29) is 11.8 Å². The first-order chi connectivity index (χ1) is 19.9. The van der Waals surface area contributed by atoms with Crippen LogP contribution in [0.4, 0.5) is 17.3 Å².